The summed E-state index contributed by atoms with van der Waals surface area (Å²) in [6.07, 6.45) is 0. The Labute approximate surface area is 43.9 Å². The molecule has 0 atom stereocenters. The van der Waals surface area contributed by atoms with E-state index in [9.17, 15) is 0 Å². The maximum atomic E-state index is 0. The van der Waals surface area contributed by atoms with Crippen LogP contribution in [-0.2, 0) is 22.4 Å². The summed E-state index contributed by atoms with van der Waals surface area (Å²) >= 11 is 0. The van der Waals surface area contributed by atoms with Crippen LogP contribution in [0.15, 0.2) is 0 Å². The first-order valence-electron chi connectivity index (χ1n) is 0. The van der Waals surface area contributed by atoms with Crippen molar-refractivity contribution in [2.45, 2.75) is 0 Å². The van der Waals surface area contributed by atoms with Crippen LogP contribution in [0.3, 0.4) is 0 Å². The third-order valence-corrected chi connectivity index (χ3v) is 0. The first-order valence-corrected chi connectivity index (χ1v) is 0. The van der Waals surface area contributed by atoms with Gasteiger partial charge >= 0.3 is 0 Å². The van der Waals surface area contributed by atoms with Gasteiger partial charge in [-0.1, -0.05) is 0 Å². The summed E-state index contributed by atoms with van der Waals surface area (Å²) < 4.78 is 0. The van der Waals surface area contributed by atoms with Crippen LogP contribution in [0.25, 0.3) is 6.15 Å². The molecule has 0 aliphatic rings. The number of rotatable bonds is 0. The van der Waals surface area contributed by atoms with Crippen LogP contribution in [0.2, 0.25) is 0 Å². The smallest absolute Gasteiger partial charge is 0 e. The largest absolute Gasteiger partial charge is 0.693 e. The molecule has 0 spiro atoms. The molecule has 1 radical (unpaired) electrons. The van der Waals surface area contributed by atoms with Crippen molar-refractivity contribution < 1.29 is 22.4 Å². The fourth-order valence-electron chi connectivity index (χ4n) is 0. The van der Waals surface area contributed by atoms with Crippen molar-refractivity contribution in [2.24, 2.45) is 0 Å². The second-order valence-corrected chi connectivity index (χ2v) is 0. The van der Waals surface area contributed by atoms with E-state index in [2.05, 4.69) is 0 Å². The van der Waals surface area contributed by atoms with Crippen molar-refractivity contribution >= 4 is 0 Å². The van der Waals surface area contributed by atoms with Crippen LogP contribution in [0.5, 0.6) is 0 Å². The van der Waals surface area contributed by atoms with Crippen molar-refractivity contribution in [2.75, 3.05) is 0 Å². The van der Waals surface area contributed by atoms with Crippen molar-refractivity contribution in [3.8, 4) is 0 Å². The Morgan fingerprint density at radius 2 is 0.750 bits per heavy atom. The predicted octanol–water partition coefficient (Wildman–Crippen LogP) is 1.62. The molecule has 0 rings (SSSR count). The van der Waals surface area contributed by atoms with Crippen LogP contribution in [0, 0.1) is 14.9 Å². The summed E-state index contributed by atoms with van der Waals surface area (Å²) in [7, 11) is 0. The van der Waals surface area contributed by atoms with Crippen molar-refractivity contribution in [3.05, 3.63) is 21.0 Å². The Balaban J connectivity index is 0. The van der Waals surface area contributed by atoms with E-state index in [1.807, 2.05) is 0 Å². The minimum absolute atomic E-state index is 0. The van der Waals surface area contributed by atoms with Crippen LogP contribution < -0.4 is 0 Å². The quantitative estimate of drug-likeness (QED) is 0.563. The Hall–Kier alpha value is 0.700. The average molecular weight is 227 g/mol. The minimum atomic E-state index is 0. The summed E-state index contributed by atoms with van der Waals surface area (Å²) in [5, 5.41) is 0. The fraction of sp³-hybridized carbons (Fsp3) is 0. The Morgan fingerprint density at radius 3 is 0.750 bits per heavy atom. The molecule has 0 aliphatic heterocycles. The zero-order valence-electron chi connectivity index (χ0n) is 3.02. The predicted molar refractivity (Wildman–Crippen MR) is 18.1 cm³/mol. The van der Waals surface area contributed by atoms with Crippen LogP contribution in [0.1, 0.15) is 0 Å². The summed E-state index contributed by atoms with van der Waals surface area (Å²) in [5.41, 5.74) is 0. The summed E-state index contributed by atoms with van der Waals surface area (Å²) in [6.45, 7) is 0. The van der Waals surface area contributed by atoms with E-state index in [-0.39, 0.29) is 43.4 Å². The maximum absolute atomic E-state index is 0. The average Bonchev–Trinajstić information content (AvgIpc) is 0. The molecule has 0 aliphatic carbocycles. The zero-order valence-corrected chi connectivity index (χ0v) is 6.24. The molecule has 0 saturated heterocycles. The molecule has 0 amide bonds. The van der Waals surface area contributed by atoms with Gasteiger partial charge in [0.05, 0.1) is 0 Å². The van der Waals surface area contributed by atoms with Crippen LogP contribution >= 0.6 is 0 Å². The van der Waals surface area contributed by atoms with Crippen molar-refractivity contribution in [1.82, 2.24) is 0 Å². The van der Waals surface area contributed by atoms with Gasteiger partial charge in [0.1, 0.15) is 0 Å². The van der Waals surface area contributed by atoms with Gasteiger partial charge in [-0.25, -0.2) is 0 Å². The molecule has 0 bridgehead atoms. The van der Waals surface area contributed by atoms with Gasteiger partial charge in [-0.3, -0.25) is 0 Å². The molecule has 0 fully saturated rings. The second kappa shape index (κ2) is 55.0. The summed E-state index contributed by atoms with van der Waals surface area (Å²) in [4.78, 5) is 0. The normalized spacial score (nSPS) is 0. The molecule has 0 aromatic rings. The molecule has 0 unspecified atom stereocenters. The monoisotopic (exact) mass is 227 g/mol. The first-order chi connectivity index (χ1) is 0. The van der Waals surface area contributed by atoms with Crippen molar-refractivity contribution in [3.63, 3.8) is 0 Å². The standard InChI is InChI=1S/2CH3.H2N.Ta/h2*1H3;1H2;/q3*-1;. The first kappa shape index (κ1) is 131. The van der Waals surface area contributed by atoms with Gasteiger partial charge in [-0.2, -0.15) is 0 Å². The minimum Gasteiger partial charge on any atom is -0.693 e. The SMILES string of the molecule is [CH3-].[CH3-].[NH2-].[Ta]. The molecule has 0 aromatic heterocycles. The fourth-order valence-corrected chi connectivity index (χ4v) is 0. The van der Waals surface area contributed by atoms with E-state index in [1.54, 1.807) is 0 Å². The molecule has 0 heterocycles. The molecule has 29 valence electrons. The number of hydrogen-bond acceptors (Lipinski definition) is 0. The van der Waals surface area contributed by atoms with E-state index in [0.29, 0.717) is 0 Å². The Morgan fingerprint density at radius 1 is 0.750 bits per heavy atom. The molecular formula is C2H8NTa-3. The van der Waals surface area contributed by atoms with E-state index in [4.69, 9.17) is 0 Å². The van der Waals surface area contributed by atoms with E-state index < -0.39 is 0 Å². The molecule has 0 saturated carbocycles. The Bertz CT molecular complexity index is 6.00. The van der Waals surface area contributed by atoms with E-state index in [0.717, 1.165) is 0 Å². The van der Waals surface area contributed by atoms with Gasteiger partial charge in [-0.05, 0) is 0 Å². The zero-order chi connectivity index (χ0) is 0. The van der Waals surface area contributed by atoms with Gasteiger partial charge in [0.2, 0.25) is 0 Å². The maximum Gasteiger partial charge on any atom is 0 e. The van der Waals surface area contributed by atoms with Gasteiger partial charge in [-0.15, -0.1) is 0 Å². The molecular weight excluding hydrogens is 219 g/mol. The van der Waals surface area contributed by atoms with Gasteiger partial charge in [0, 0.05) is 22.4 Å². The van der Waals surface area contributed by atoms with E-state index in [1.165, 1.54) is 0 Å². The van der Waals surface area contributed by atoms with Crippen LogP contribution in [-0.4, -0.2) is 0 Å². The molecule has 2 N–H and O–H groups in total. The third-order valence-electron chi connectivity index (χ3n) is 0. The molecule has 0 aromatic carbocycles. The Kier molecular flexibility index (Phi) is 1810. The van der Waals surface area contributed by atoms with Crippen molar-refractivity contribution in [1.29, 1.82) is 0 Å². The number of hydrogen-bond donors (Lipinski definition) is 0. The van der Waals surface area contributed by atoms with E-state index >= 15 is 0 Å². The summed E-state index contributed by atoms with van der Waals surface area (Å²) in [6, 6.07) is 0. The topological polar surface area (TPSA) is 33.5 Å². The number of nitrogens with two attached hydrogens (primary N) is 1. The van der Waals surface area contributed by atoms with Gasteiger partial charge in [0.25, 0.3) is 0 Å². The molecule has 4 heavy (non-hydrogen) atoms. The van der Waals surface area contributed by atoms with Gasteiger partial charge in [0.15, 0.2) is 0 Å². The summed E-state index contributed by atoms with van der Waals surface area (Å²) in [5.74, 6) is 0. The van der Waals surface area contributed by atoms with Gasteiger partial charge < -0.3 is 21.0 Å². The third kappa shape index (κ3) is 15.9. The molecule has 2 heteroatoms. The second-order valence-electron chi connectivity index (χ2n) is 0. The van der Waals surface area contributed by atoms with Crippen LogP contribution in [0.4, 0.5) is 0 Å². The molecule has 1 nitrogen and oxygen atoms in total.